The zero-order chi connectivity index (χ0) is 12.2. The topological polar surface area (TPSA) is 50.7 Å². The summed E-state index contributed by atoms with van der Waals surface area (Å²) in [4.78, 5) is 8.04. The van der Waals surface area contributed by atoms with Gasteiger partial charge < -0.3 is 5.73 Å². The van der Waals surface area contributed by atoms with Crippen molar-refractivity contribution in [3.8, 4) is 0 Å². The van der Waals surface area contributed by atoms with E-state index in [1.807, 2.05) is 13.8 Å². The zero-order valence-electron chi connectivity index (χ0n) is 11.0. The Labute approximate surface area is 100 Å². The molecule has 1 rings (SSSR count). The first kappa shape index (κ1) is 15.1. The molecule has 3 heteroatoms. The molecule has 1 fully saturated rings. The van der Waals surface area contributed by atoms with E-state index in [0.717, 1.165) is 18.4 Å². The van der Waals surface area contributed by atoms with E-state index in [0.29, 0.717) is 0 Å². The predicted molar refractivity (Wildman–Crippen MR) is 73.1 cm³/mol. The van der Waals surface area contributed by atoms with Gasteiger partial charge in [0, 0.05) is 6.54 Å². The Morgan fingerprint density at radius 1 is 1.19 bits per heavy atom. The number of nitrogens with two attached hydrogens (primary N) is 1. The van der Waals surface area contributed by atoms with Crippen LogP contribution in [0.5, 0.6) is 0 Å². The number of hydrogen-bond acceptors (Lipinski definition) is 1. The molecule has 2 N–H and O–H groups in total. The molecule has 0 aromatic carbocycles. The summed E-state index contributed by atoms with van der Waals surface area (Å²) < 4.78 is 0. The maximum absolute atomic E-state index is 5.12. The van der Waals surface area contributed by atoms with Crippen LogP contribution < -0.4 is 5.73 Å². The average Bonchev–Trinajstić information content (AvgIpc) is 2.53. The van der Waals surface area contributed by atoms with Crippen LogP contribution in [0.25, 0.3) is 0 Å². The molecule has 1 saturated carbocycles. The third-order valence-electron chi connectivity index (χ3n) is 3.11. The highest BCUT2D eigenvalue weighted by molar-refractivity contribution is 5.69. The van der Waals surface area contributed by atoms with Gasteiger partial charge in [-0.3, -0.25) is 4.99 Å². The van der Waals surface area contributed by atoms with E-state index in [-0.39, 0.29) is 0 Å². The van der Waals surface area contributed by atoms with Gasteiger partial charge in [-0.15, -0.1) is 0 Å². The summed E-state index contributed by atoms with van der Waals surface area (Å²) in [5.41, 5.74) is 5.12. The summed E-state index contributed by atoms with van der Waals surface area (Å²) in [6, 6.07) is 0. The van der Waals surface area contributed by atoms with Crippen LogP contribution in [0.1, 0.15) is 52.9 Å². The van der Waals surface area contributed by atoms with Gasteiger partial charge in [-0.05, 0) is 18.3 Å². The number of nitrogens with zero attached hydrogens (tertiary/aromatic N) is 2. The van der Waals surface area contributed by atoms with E-state index in [9.17, 15) is 0 Å². The highest BCUT2D eigenvalue weighted by Crippen LogP contribution is 2.28. The average molecular weight is 225 g/mol. The van der Waals surface area contributed by atoms with Gasteiger partial charge in [0.2, 0.25) is 0 Å². The highest BCUT2D eigenvalue weighted by atomic mass is 14.9. The summed E-state index contributed by atoms with van der Waals surface area (Å²) in [6.45, 7) is 7.26. The van der Waals surface area contributed by atoms with Crippen LogP contribution in [0.3, 0.4) is 0 Å². The highest BCUT2D eigenvalue weighted by Gasteiger charge is 2.18. The quantitative estimate of drug-likeness (QED) is 0.447. The zero-order valence-corrected chi connectivity index (χ0v) is 11.0. The third-order valence-corrected chi connectivity index (χ3v) is 3.11. The monoisotopic (exact) mass is 225 g/mol. The minimum atomic E-state index is 0.752. The van der Waals surface area contributed by atoms with Gasteiger partial charge in [-0.25, -0.2) is 4.99 Å². The predicted octanol–water partition coefficient (Wildman–Crippen LogP) is 3.24. The van der Waals surface area contributed by atoms with E-state index in [1.54, 1.807) is 6.34 Å². The van der Waals surface area contributed by atoms with Gasteiger partial charge >= 0.3 is 0 Å². The molecule has 1 aliphatic rings. The molecular weight excluding hydrogens is 198 g/mol. The van der Waals surface area contributed by atoms with Gasteiger partial charge in [0.1, 0.15) is 6.34 Å². The second-order valence-corrected chi connectivity index (χ2v) is 4.15. The van der Waals surface area contributed by atoms with Crippen LogP contribution in [0, 0.1) is 11.8 Å². The largest absolute Gasteiger partial charge is 0.390 e. The lowest BCUT2D eigenvalue weighted by Crippen LogP contribution is -2.13. The molecule has 0 bridgehead atoms. The summed E-state index contributed by atoms with van der Waals surface area (Å²) in [5.74, 6) is 1.57. The van der Waals surface area contributed by atoms with Crippen molar-refractivity contribution >= 4 is 12.7 Å². The van der Waals surface area contributed by atoms with Crippen LogP contribution >= 0.6 is 0 Å². The van der Waals surface area contributed by atoms with E-state index in [2.05, 4.69) is 16.9 Å². The molecule has 2 unspecified atom stereocenters. The van der Waals surface area contributed by atoms with E-state index >= 15 is 0 Å². The number of aliphatic imine (C=N–C) groups is 2. The summed E-state index contributed by atoms with van der Waals surface area (Å²) in [6.07, 6.45) is 9.68. The Balaban J connectivity index is 0.00000106. The Hall–Kier alpha value is -0.860. The standard InChI is InChI=1S/C11H21N3.C2H6/c1-10-5-3-2-4-6-11(10)7-13-9-14-8-12;1-2/h8-11H,2-7H2,1H3,(H2,12,13,14);1-2H3. The van der Waals surface area contributed by atoms with Crippen molar-refractivity contribution in [2.75, 3.05) is 6.54 Å². The lowest BCUT2D eigenvalue weighted by molar-refractivity contribution is 0.347. The SMILES string of the molecule is CC.CC1CCCCCC1CN=CN=CN. The molecule has 0 spiro atoms. The maximum Gasteiger partial charge on any atom is 0.111 e. The van der Waals surface area contributed by atoms with Crippen LogP contribution in [-0.2, 0) is 0 Å². The molecule has 0 amide bonds. The molecule has 0 radical (unpaired) electrons. The molecule has 2 atom stereocenters. The Bertz CT molecular complexity index is 199. The molecule has 3 nitrogen and oxygen atoms in total. The fourth-order valence-electron chi connectivity index (χ4n) is 2.11. The van der Waals surface area contributed by atoms with Crippen molar-refractivity contribution in [1.82, 2.24) is 0 Å². The van der Waals surface area contributed by atoms with Gasteiger partial charge in [0.25, 0.3) is 0 Å². The van der Waals surface area contributed by atoms with E-state index in [4.69, 9.17) is 5.73 Å². The van der Waals surface area contributed by atoms with Gasteiger partial charge in [0.05, 0.1) is 6.34 Å². The van der Waals surface area contributed by atoms with Crippen molar-refractivity contribution in [1.29, 1.82) is 0 Å². The Morgan fingerprint density at radius 2 is 1.88 bits per heavy atom. The van der Waals surface area contributed by atoms with Crippen LogP contribution in [0.2, 0.25) is 0 Å². The molecule has 94 valence electrons. The lowest BCUT2D eigenvalue weighted by Gasteiger charge is -2.18. The van der Waals surface area contributed by atoms with Crippen LogP contribution in [0.4, 0.5) is 0 Å². The molecule has 0 saturated heterocycles. The summed E-state index contributed by atoms with van der Waals surface area (Å²) in [7, 11) is 0. The maximum atomic E-state index is 5.12. The Kier molecular flexibility index (Phi) is 10.1. The number of rotatable bonds is 3. The lowest BCUT2D eigenvalue weighted by atomic mass is 9.90. The minimum Gasteiger partial charge on any atom is -0.390 e. The second-order valence-electron chi connectivity index (χ2n) is 4.15. The van der Waals surface area contributed by atoms with Crippen molar-refractivity contribution in [2.45, 2.75) is 52.9 Å². The molecule has 0 aromatic rings. The molecule has 0 aliphatic heterocycles. The Morgan fingerprint density at radius 3 is 2.56 bits per heavy atom. The van der Waals surface area contributed by atoms with Crippen molar-refractivity contribution < 1.29 is 0 Å². The van der Waals surface area contributed by atoms with Crippen LogP contribution in [-0.4, -0.2) is 19.2 Å². The minimum absolute atomic E-state index is 0.752. The first-order chi connectivity index (χ1) is 7.84. The summed E-state index contributed by atoms with van der Waals surface area (Å²) in [5, 5.41) is 0. The molecule has 0 heterocycles. The third kappa shape index (κ3) is 6.59. The van der Waals surface area contributed by atoms with E-state index < -0.39 is 0 Å². The molecule has 0 aromatic heterocycles. The first-order valence-corrected chi connectivity index (χ1v) is 6.56. The van der Waals surface area contributed by atoms with Crippen molar-refractivity contribution in [3.05, 3.63) is 0 Å². The second kappa shape index (κ2) is 10.7. The fourth-order valence-corrected chi connectivity index (χ4v) is 2.11. The molecular formula is C13H27N3. The normalized spacial score (nSPS) is 26.4. The fraction of sp³-hybridized carbons (Fsp3) is 0.846. The van der Waals surface area contributed by atoms with Crippen molar-refractivity contribution in [2.24, 2.45) is 27.6 Å². The van der Waals surface area contributed by atoms with E-state index in [1.165, 1.54) is 38.4 Å². The van der Waals surface area contributed by atoms with Gasteiger partial charge in [-0.1, -0.05) is 46.5 Å². The first-order valence-electron chi connectivity index (χ1n) is 6.56. The molecule has 16 heavy (non-hydrogen) atoms. The molecule has 1 aliphatic carbocycles. The van der Waals surface area contributed by atoms with Crippen LogP contribution in [0.15, 0.2) is 9.98 Å². The van der Waals surface area contributed by atoms with Gasteiger partial charge in [-0.2, -0.15) is 0 Å². The summed E-state index contributed by atoms with van der Waals surface area (Å²) >= 11 is 0. The number of hydrogen-bond donors (Lipinski definition) is 1. The smallest absolute Gasteiger partial charge is 0.111 e. The van der Waals surface area contributed by atoms with Crippen molar-refractivity contribution in [3.63, 3.8) is 0 Å². The van der Waals surface area contributed by atoms with Gasteiger partial charge in [0.15, 0.2) is 0 Å².